The topological polar surface area (TPSA) is 62.1 Å². The number of likely N-dealkylation sites (tertiary alicyclic amines) is 1. The van der Waals surface area contributed by atoms with Gasteiger partial charge in [0.25, 0.3) is 0 Å². The van der Waals surface area contributed by atoms with E-state index in [0.29, 0.717) is 19.1 Å². The zero-order chi connectivity index (χ0) is 16.1. The zero-order valence-corrected chi connectivity index (χ0v) is 14.6. The Morgan fingerprint density at radius 1 is 1.21 bits per heavy atom. The predicted molar refractivity (Wildman–Crippen MR) is 95.7 cm³/mol. The third kappa shape index (κ3) is 5.21. The molecular formula is C18H25ClN2O3. The smallest absolute Gasteiger partial charge is 0.307 e. The Bertz CT molecular complexity index is 561. The van der Waals surface area contributed by atoms with E-state index in [4.69, 9.17) is 9.94 Å². The maximum atomic E-state index is 11.1. The fraction of sp³-hybridized carbons (Fsp3) is 0.556. The van der Waals surface area contributed by atoms with Crippen LogP contribution in [0.3, 0.4) is 0 Å². The van der Waals surface area contributed by atoms with Crippen molar-refractivity contribution in [2.75, 3.05) is 26.2 Å². The van der Waals surface area contributed by atoms with Crippen molar-refractivity contribution in [1.29, 1.82) is 0 Å². The summed E-state index contributed by atoms with van der Waals surface area (Å²) >= 11 is 0. The highest BCUT2D eigenvalue weighted by Crippen LogP contribution is 2.33. The Morgan fingerprint density at radius 3 is 2.62 bits per heavy atom. The number of carboxylic acid groups (broad SMARTS) is 1. The number of piperidine rings is 1. The van der Waals surface area contributed by atoms with Gasteiger partial charge in [-0.25, -0.2) is 0 Å². The van der Waals surface area contributed by atoms with Crippen LogP contribution < -0.4 is 0 Å². The summed E-state index contributed by atoms with van der Waals surface area (Å²) in [6, 6.07) is 10.2. The van der Waals surface area contributed by atoms with Crippen LogP contribution in [0.25, 0.3) is 0 Å². The van der Waals surface area contributed by atoms with Gasteiger partial charge in [-0.1, -0.05) is 35.5 Å². The number of carbonyl (C=O) groups is 1. The van der Waals surface area contributed by atoms with E-state index in [1.165, 1.54) is 12.8 Å². The standard InChI is InChI=1S/C18H24N2O3.ClH/c21-18(22)16-7-4-10-20(13-16)11-12-23-19-17(15-8-9-15)14-5-2-1-3-6-14;/h1-3,5-6,15-16H,4,7-13H2,(H,21,22);1H/t16-;/m1./s1. The van der Waals surface area contributed by atoms with Crippen LogP contribution in [0.4, 0.5) is 0 Å². The molecule has 0 bridgehead atoms. The maximum Gasteiger partial charge on any atom is 0.307 e. The Hall–Kier alpha value is -1.59. The number of hydrogen-bond donors (Lipinski definition) is 1. The van der Waals surface area contributed by atoms with Crippen LogP contribution in [0, 0.1) is 11.8 Å². The summed E-state index contributed by atoms with van der Waals surface area (Å²) in [5.74, 6) is -0.392. The molecule has 1 aliphatic carbocycles. The molecule has 3 rings (SSSR count). The molecule has 1 atom stereocenters. The molecule has 1 N–H and O–H groups in total. The molecule has 1 saturated heterocycles. The first-order valence-electron chi connectivity index (χ1n) is 8.44. The molecule has 2 fully saturated rings. The van der Waals surface area contributed by atoms with Crippen LogP contribution in [0.15, 0.2) is 35.5 Å². The normalized spacial score (nSPS) is 21.8. The highest BCUT2D eigenvalue weighted by atomic mass is 35.5. The van der Waals surface area contributed by atoms with Crippen LogP contribution in [0.2, 0.25) is 0 Å². The van der Waals surface area contributed by atoms with Gasteiger partial charge in [-0.05, 0) is 37.8 Å². The van der Waals surface area contributed by atoms with Crippen molar-refractivity contribution in [3.8, 4) is 0 Å². The number of benzene rings is 1. The predicted octanol–water partition coefficient (Wildman–Crippen LogP) is 3.04. The summed E-state index contributed by atoms with van der Waals surface area (Å²) in [5.41, 5.74) is 2.19. The van der Waals surface area contributed by atoms with Crippen molar-refractivity contribution >= 4 is 24.1 Å². The second kappa shape index (κ2) is 9.04. The summed E-state index contributed by atoms with van der Waals surface area (Å²) in [5, 5.41) is 13.5. The molecule has 132 valence electrons. The van der Waals surface area contributed by atoms with Crippen molar-refractivity contribution in [3.63, 3.8) is 0 Å². The molecule has 1 aromatic rings. The minimum absolute atomic E-state index is 0. The van der Waals surface area contributed by atoms with Crippen molar-refractivity contribution in [2.45, 2.75) is 25.7 Å². The van der Waals surface area contributed by atoms with Crippen molar-refractivity contribution in [1.82, 2.24) is 4.90 Å². The Kier molecular flexibility index (Phi) is 7.06. The zero-order valence-electron chi connectivity index (χ0n) is 13.8. The molecule has 24 heavy (non-hydrogen) atoms. The van der Waals surface area contributed by atoms with Gasteiger partial charge >= 0.3 is 5.97 Å². The largest absolute Gasteiger partial charge is 0.481 e. The lowest BCUT2D eigenvalue weighted by molar-refractivity contribution is -0.143. The average molecular weight is 353 g/mol. The summed E-state index contributed by atoms with van der Waals surface area (Å²) in [7, 11) is 0. The van der Waals surface area contributed by atoms with E-state index in [-0.39, 0.29) is 18.3 Å². The molecule has 6 heteroatoms. The number of oxime groups is 1. The van der Waals surface area contributed by atoms with Crippen LogP contribution in [-0.2, 0) is 9.63 Å². The van der Waals surface area contributed by atoms with E-state index >= 15 is 0 Å². The molecule has 1 saturated carbocycles. The van der Waals surface area contributed by atoms with Gasteiger partial charge in [0.15, 0.2) is 0 Å². The minimum atomic E-state index is -0.686. The lowest BCUT2D eigenvalue weighted by Crippen LogP contribution is -2.40. The summed E-state index contributed by atoms with van der Waals surface area (Å²) in [6.07, 6.45) is 4.09. The second-order valence-electron chi connectivity index (χ2n) is 6.43. The first-order chi connectivity index (χ1) is 11.2. The third-order valence-corrected chi connectivity index (χ3v) is 4.55. The molecule has 0 amide bonds. The Morgan fingerprint density at radius 2 is 1.96 bits per heavy atom. The molecule has 0 unspecified atom stereocenters. The number of hydrogen-bond acceptors (Lipinski definition) is 4. The van der Waals surface area contributed by atoms with Gasteiger partial charge in [0.2, 0.25) is 0 Å². The van der Waals surface area contributed by atoms with Crippen molar-refractivity contribution in [2.24, 2.45) is 17.0 Å². The lowest BCUT2D eigenvalue weighted by atomic mass is 9.98. The molecule has 1 aromatic carbocycles. The van der Waals surface area contributed by atoms with Gasteiger partial charge < -0.3 is 9.94 Å². The number of aliphatic carboxylic acids is 1. The highest BCUT2D eigenvalue weighted by Gasteiger charge is 2.29. The van der Waals surface area contributed by atoms with Crippen LogP contribution >= 0.6 is 12.4 Å². The SMILES string of the molecule is Cl.O=C(O)[C@@H]1CCCN(CCON=C(c2ccccc2)C2CC2)C1. The molecule has 0 spiro atoms. The van der Waals surface area contributed by atoms with Crippen LogP contribution in [0.1, 0.15) is 31.2 Å². The minimum Gasteiger partial charge on any atom is -0.481 e. The van der Waals surface area contributed by atoms with E-state index in [1.807, 2.05) is 18.2 Å². The summed E-state index contributed by atoms with van der Waals surface area (Å²) in [6.45, 7) is 2.82. The third-order valence-electron chi connectivity index (χ3n) is 4.55. The van der Waals surface area contributed by atoms with Gasteiger partial charge in [0, 0.05) is 19.0 Å². The van der Waals surface area contributed by atoms with Gasteiger partial charge in [0.1, 0.15) is 6.61 Å². The van der Waals surface area contributed by atoms with Gasteiger partial charge in [-0.15, -0.1) is 12.4 Å². The second-order valence-corrected chi connectivity index (χ2v) is 6.43. The fourth-order valence-corrected chi connectivity index (χ4v) is 3.07. The van der Waals surface area contributed by atoms with E-state index in [0.717, 1.165) is 37.2 Å². The van der Waals surface area contributed by atoms with Gasteiger partial charge in [-0.3, -0.25) is 9.69 Å². The average Bonchev–Trinajstić information content (AvgIpc) is 3.41. The fourth-order valence-electron chi connectivity index (χ4n) is 3.07. The Labute approximate surface area is 149 Å². The number of rotatable bonds is 7. The monoisotopic (exact) mass is 352 g/mol. The maximum absolute atomic E-state index is 11.1. The summed E-state index contributed by atoms with van der Waals surface area (Å²) in [4.78, 5) is 18.8. The molecule has 0 radical (unpaired) electrons. The van der Waals surface area contributed by atoms with Crippen molar-refractivity contribution < 1.29 is 14.7 Å². The van der Waals surface area contributed by atoms with Gasteiger partial charge in [-0.2, -0.15) is 0 Å². The van der Waals surface area contributed by atoms with Crippen LogP contribution in [0.5, 0.6) is 0 Å². The van der Waals surface area contributed by atoms with Crippen molar-refractivity contribution in [3.05, 3.63) is 35.9 Å². The molecule has 2 aliphatic rings. The number of halogens is 1. The molecule has 1 heterocycles. The Balaban J connectivity index is 0.00000208. The number of carboxylic acids is 1. The van der Waals surface area contributed by atoms with E-state index in [2.05, 4.69) is 22.2 Å². The molecule has 1 aliphatic heterocycles. The first-order valence-corrected chi connectivity index (χ1v) is 8.44. The van der Waals surface area contributed by atoms with Crippen LogP contribution in [-0.4, -0.2) is 47.9 Å². The quantitative estimate of drug-likeness (QED) is 0.465. The number of nitrogens with zero attached hydrogens (tertiary/aromatic N) is 2. The van der Waals surface area contributed by atoms with E-state index in [1.54, 1.807) is 0 Å². The van der Waals surface area contributed by atoms with Gasteiger partial charge in [0.05, 0.1) is 11.6 Å². The first kappa shape index (κ1) is 18.7. The molecular weight excluding hydrogens is 328 g/mol. The molecule has 5 nitrogen and oxygen atoms in total. The lowest BCUT2D eigenvalue weighted by Gasteiger charge is -2.29. The highest BCUT2D eigenvalue weighted by molar-refractivity contribution is 6.03. The summed E-state index contributed by atoms with van der Waals surface area (Å²) < 4.78 is 0. The van der Waals surface area contributed by atoms with E-state index in [9.17, 15) is 4.79 Å². The molecule has 0 aromatic heterocycles. The van der Waals surface area contributed by atoms with E-state index < -0.39 is 5.97 Å².